The van der Waals surface area contributed by atoms with Crippen molar-refractivity contribution in [1.82, 2.24) is 4.90 Å². The summed E-state index contributed by atoms with van der Waals surface area (Å²) in [5.74, 6) is 0.662. The lowest BCUT2D eigenvalue weighted by Gasteiger charge is -2.36. The van der Waals surface area contributed by atoms with E-state index < -0.39 is 0 Å². The van der Waals surface area contributed by atoms with Crippen LogP contribution in [0.2, 0.25) is 0 Å². The molecule has 2 heterocycles. The Kier molecular flexibility index (Phi) is 4.09. The van der Waals surface area contributed by atoms with Gasteiger partial charge in [0, 0.05) is 19.7 Å². The Hall–Kier alpha value is -0.280. The Morgan fingerprint density at radius 3 is 2.81 bits per heavy atom. The van der Waals surface area contributed by atoms with Gasteiger partial charge in [-0.25, -0.2) is 0 Å². The normalized spacial score (nSPS) is 36.1. The number of hydrogen-bond donors (Lipinski definition) is 0. The second kappa shape index (κ2) is 5.37. The number of carbonyl (C=O) groups excluding carboxylic acids is 1. The van der Waals surface area contributed by atoms with Crippen molar-refractivity contribution in [3.05, 3.63) is 0 Å². The van der Waals surface area contributed by atoms with E-state index in [4.69, 9.17) is 16.3 Å². The van der Waals surface area contributed by atoms with Crippen molar-refractivity contribution in [3.8, 4) is 0 Å². The zero-order chi connectivity index (χ0) is 11.5. The minimum atomic E-state index is -0.203. The fourth-order valence-corrected chi connectivity index (χ4v) is 2.65. The summed E-state index contributed by atoms with van der Waals surface area (Å²) in [5, 5.41) is 0.0984. The third-order valence-corrected chi connectivity index (χ3v) is 4.20. The predicted octanol–water partition coefficient (Wildman–Crippen LogP) is 2.03. The molecule has 2 aliphatic rings. The van der Waals surface area contributed by atoms with Gasteiger partial charge in [0.2, 0.25) is 0 Å². The van der Waals surface area contributed by atoms with Gasteiger partial charge < -0.3 is 9.64 Å². The molecule has 1 amide bonds. The number of rotatable bonds is 1. The summed E-state index contributed by atoms with van der Waals surface area (Å²) in [6, 6.07) is 0. The molecular formula is C12H20ClNO2. The summed E-state index contributed by atoms with van der Waals surface area (Å²) >= 11 is 6.21. The Morgan fingerprint density at radius 2 is 2.19 bits per heavy atom. The zero-order valence-electron chi connectivity index (χ0n) is 9.82. The van der Waals surface area contributed by atoms with Crippen molar-refractivity contribution in [2.24, 2.45) is 5.92 Å². The van der Waals surface area contributed by atoms with Gasteiger partial charge in [-0.15, -0.1) is 11.6 Å². The molecule has 0 N–H and O–H groups in total. The van der Waals surface area contributed by atoms with Gasteiger partial charge in [-0.2, -0.15) is 0 Å². The Labute approximate surface area is 102 Å². The van der Waals surface area contributed by atoms with E-state index in [9.17, 15) is 4.79 Å². The Bertz CT molecular complexity index is 253. The van der Waals surface area contributed by atoms with Gasteiger partial charge in [-0.1, -0.05) is 6.92 Å². The summed E-state index contributed by atoms with van der Waals surface area (Å²) in [6.45, 7) is 4.39. The molecule has 2 aliphatic heterocycles. The minimum absolute atomic E-state index is 0.0984. The van der Waals surface area contributed by atoms with Crippen LogP contribution in [0.5, 0.6) is 0 Å². The maximum atomic E-state index is 12.1. The van der Waals surface area contributed by atoms with Crippen molar-refractivity contribution in [3.63, 3.8) is 0 Å². The summed E-state index contributed by atoms with van der Waals surface area (Å²) in [7, 11) is 0. The quantitative estimate of drug-likeness (QED) is 0.662. The fraction of sp³-hybridized carbons (Fsp3) is 0.917. The van der Waals surface area contributed by atoms with Crippen LogP contribution in [0.4, 0.5) is 0 Å². The van der Waals surface area contributed by atoms with Crippen LogP contribution in [-0.4, -0.2) is 42.0 Å². The summed E-state index contributed by atoms with van der Waals surface area (Å²) in [5.41, 5.74) is 0. The molecule has 92 valence electrons. The summed E-state index contributed by atoms with van der Waals surface area (Å²) in [4.78, 5) is 14.0. The molecule has 3 atom stereocenters. The van der Waals surface area contributed by atoms with Gasteiger partial charge in [0.15, 0.2) is 0 Å². The molecule has 0 aliphatic carbocycles. The number of halogens is 1. The van der Waals surface area contributed by atoms with Gasteiger partial charge in [-0.3, -0.25) is 4.79 Å². The fourth-order valence-electron chi connectivity index (χ4n) is 2.36. The molecule has 0 spiro atoms. The lowest BCUT2D eigenvalue weighted by molar-refractivity contribution is -0.147. The first kappa shape index (κ1) is 12.2. The van der Waals surface area contributed by atoms with E-state index in [0.717, 1.165) is 38.8 Å². The van der Waals surface area contributed by atoms with Gasteiger partial charge >= 0.3 is 0 Å². The minimum Gasteiger partial charge on any atom is -0.368 e. The van der Waals surface area contributed by atoms with E-state index in [0.29, 0.717) is 12.5 Å². The van der Waals surface area contributed by atoms with Crippen LogP contribution in [0.25, 0.3) is 0 Å². The Balaban J connectivity index is 1.89. The SMILES string of the molecule is CC1CCN(C(=O)C2CCCCO2)CC1Cl. The van der Waals surface area contributed by atoms with Gasteiger partial charge in [0.25, 0.3) is 5.91 Å². The topological polar surface area (TPSA) is 29.5 Å². The van der Waals surface area contributed by atoms with E-state index in [-0.39, 0.29) is 17.4 Å². The van der Waals surface area contributed by atoms with Crippen LogP contribution in [0.3, 0.4) is 0 Å². The standard InChI is InChI=1S/C12H20ClNO2/c1-9-5-6-14(8-10(9)13)12(15)11-4-2-3-7-16-11/h9-11H,2-8H2,1H3. The average Bonchev–Trinajstić information content (AvgIpc) is 2.33. The second-order valence-electron chi connectivity index (χ2n) is 4.92. The lowest BCUT2D eigenvalue weighted by Crippen LogP contribution is -2.49. The third-order valence-electron chi connectivity index (χ3n) is 3.63. The molecule has 16 heavy (non-hydrogen) atoms. The third kappa shape index (κ3) is 2.69. The second-order valence-corrected chi connectivity index (χ2v) is 5.48. The number of amides is 1. The Morgan fingerprint density at radius 1 is 1.38 bits per heavy atom. The van der Waals surface area contributed by atoms with Crippen molar-refractivity contribution in [1.29, 1.82) is 0 Å². The number of carbonyl (C=O) groups is 1. The monoisotopic (exact) mass is 245 g/mol. The molecule has 0 radical (unpaired) electrons. The van der Waals surface area contributed by atoms with Gasteiger partial charge in [0.1, 0.15) is 6.10 Å². The predicted molar refractivity (Wildman–Crippen MR) is 63.6 cm³/mol. The van der Waals surface area contributed by atoms with E-state index in [1.807, 2.05) is 4.90 Å². The number of ether oxygens (including phenoxy) is 1. The molecule has 4 heteroatoms. The van der Waals surface area contributed by atoms with Crippen molar-refractivity contribution in [2.75, 3.05) is 19.7 Å². The lowest BCUT2D eigenvalue weighted by atomic mass is 9.97. The number of piperidine rings is 1. The van der Waals surface area contributed by atoms with Gasteiger partial charge in [-0.05, 0) is 31.6 Å². The zero-order valence-corrected chi connectivity index (χ0v) is 10.6. The molecule has 0 aromatic carbocycles. The first-order valence-electron chi connectivity index (χ1n) is 6.23. The highest BCUT2D eigenvalue weighted by atomic mass is 35.5. The van der Waals surface area contributed by atoms with Crippen LogP contribution < -0.4 is 0 Å². The molecule has 2 rings (SSSR count). The maximum absolute atomic E-state index is 12.1. The molecule has 3 nitrogen and oxygen atoms in total. The molecule has 0 saturated carbocycles. The highest BCUT2D eigenvalue weighted by Gasteiger charge is 2.32. The van der Waals surface area contributed by atoms with Gasteiger partial charge in [0.05, 0.1) is 5.38 Å². The average molecular weight is 246 g/mol. The molecule has 2 fully saturated rings. The van der Waals surface area contributed by atoms with Crippen molar-refractivity contribution >= 4 is 17.5 Å². The summed E-state index contributed by atoms with van der Waals surface area (Å²) in [6.07, 6.45) is 3.86. The number of nitrogens with zero attached hydrogens (tertiary/aromatic N) is 1. The van der Waals surface area contributed by atoms with Crippen LogP contribution in [0, 0.1) is 5.92 Å². The maximum Gasteiger partial charge on any atom is 0.251 e. The molecular weight excluding hydrogens is 226 g/mol. The molecule has 0 aromatic heterocycles. The highest BCUT2D eigenvalue weighted by molar-refractivity contribution is 6.21. The van der Waals surface area contributed by atoms with Crippen LogP contribution >= 0.6 is 11.6 Å². The first-order valence-corrected chi connectivity index (χ1v) is 6.66. The van der Waals surface area contributed by atoms with E-state index in [1.165, 1.54) is 0 Å². The van der Waals surface area contributed by atoms with Crippen LogP contribution in [-0.2, 0) is 9.53 Å². The highest BCUT2D eigenvalue weighted by Crippen LogP contribution is 2.24. The smallest absolute Gasteiger partial charge is 0.251 e. The summed E-state index contributed by atoms with van der Waals surface area (Å²) < 4.78 is 5.52. The van der Waals surface area contributed by atoms with Crippen LogP contribution in [0.1, 0.15) is 32.6 Å². The van der Waals surface area contributed by atoms with Crippen molar-refractivity contribution in [2.45, 2.75) is 44.1 Å². The van der Waals surface area contributed by atoms with E-state index in [2.05, 4.69) is 6.92 Å². The number of hydrogen-bond acceptors (Lipinski definition) is 2. The first-order chi connectivity index (χ1) is 7.68. The van der Waals surface area contributed by atoms with Crippen LogP contribution in [0.15, 0.2) is 0 Å². The van der Waals surface area contributed by atoms with Crippen molar-refractivity contribution < 1.29 is 9.53 Å². The molecule has 2 saturated heterocycles. The van der Waals surface area contributed by atoms with E-state index in [1.54, 1.807) is 0 Å². The number of alkyl halides is 1. The molecule has 0 aromatic rings. The largest absolute Gasteiger partial charge is 0.368 e. The molecule has 3 unspecified atom stereocenters. The molecule has 0 bridgehead atoms. The number of likely N-dealkylation sites (tertiary alicyclic amines) is 1. The van der Waals surface area contributed by atoms with E-state index >= 15 is 0 Å².